The van der Waals surface area contributed by atoms with Gasteiger partial charge >= 0.3 is 0 Å². The van der Waals surface area contributed by atoms with Crippen LogP contribution < -0.4 is 4.74 Å². The van der Waals surface area contributed by atoms with Crippen molar-refractivity contribution in [1.29, 1.82) is 0 Å². The van der Waals surface area contributed by atoms with Crippen molar-refractivity contribution in [1.82, 2.24) is 4.90 Å². The second-order valence-electron chi connectivity index (χ2n) is 5.71. The third-order valence-electron chi connectivity index (χ3n) is 4.32. The molecule has 2 aliphatic rings. The highest BCUT2D eigenvalue weighted by Gasteiger charge is 2.27. The fourth-order valence-electron chi connectivity index (χ4n) is 3.18. The summed E-state index contributed by atoms with van der Waals surface area (Å²) in [6.45, 7) is 5.53. The lowest BCUT2D eigenvalue weighted by Gasteiger charge is -2.31. The zero-order chi connectivity index (χ0) is 14.1. The summed E-state index contributed by atoms with van der Waals surface area (Å²) in [6, 6.07) is 4.31. The molecule has 20 heavy (non-hydrogen) atoms. The first-order valence-corrected chi connectivity index (χ1v) is 8.16. The molecule has 1 saturated heterocycles. The van der Waals surface area contributed by atoms with Crippen LogP contribution in [0.3, 0.4) is 0 Å². The van der Waals surface area contributed by atoms with Gasteiger partial charge in [-0.05, 0) is 24.1 Å². The predicted molar refractivity (Wildman–Crippen MR) is 82.0 cm³/mol. The molecule has 1 aromatic carbocycles. The van der Waals surface area contributed by atoms with E-state index in [0.29, 0.717) is 12.2 Å². The molecule has 0 aliphatic carbocycles. The van der Waals surface area contributed by atoms with Crippen molar-refractivity contribution < 1.29 is 9.53 Å². The second-order valence-corrected chi connectivity index (χ2v) is 6.62. The van der Waals surface area contributed by atoms with Crippen LogP contribution in [0.25, 0.3) is 0 Å². The molecule has 0 aromatic heterocycles. The van der Waals surface area contributed by atoms with Crippen molar-refractivity contribution in [3.05, 3.63) is 27.7 Å². The molecule has 0 amide bonds. The van der Waals surface area contributed by atoms with Crippen LogP contribution in [0.4, 0.5) is 0 Å². The van der Waals surface area contributed by atoms with Crippen molar-refractivity contribution >= 4 is 21.7 Å². The molecule has 3 rings (SSSR count). The van der Waals surface area contributed by atoms with E-state index in [1.165, 1.54) is 11.1 Å². The van der Waals surface area contributed by atoms with E-state index in [9.17, 15) is 4.79 Å². The standard InChI is InChI=1S/C16H20BrNO2/c1-2-11-9-18(5-3-15(11)19)10-13-8-14(17)7-12-4-6-20-16(12)13/h7-8,11H,2-6,9-10H2,1H3. The van der Waals surface area contributed by atoms with Gasteiger partial charge in [-0.1, -0.05) is 22.9 Å². The zero-order valence-corrected chi connectivity index (χ0v) is 13.4. The minimum Gasteiger partial charge on any atom is -0.493 e. The van der Waals surface area contributed by atoms with Crippen molar-refractivity contribution in [3.63, 3.8) is 0 Å². The first-order valence-electron chi connectivity index (χ1n) is 7.36. The van der Waals surface area contributed by atoms with Gasteiger partial charge in [0.05, 0.1) is 6.61 Å². The van der Waals surface area contributed by atoms with Crippen molar-refractivity contribution in [2.24, 2.45) is 5.92 Å². The first-order chi connectivity index (χ1) is 9.67. The highest BCUT2D eigenvalue weighted by molar-refractivity contribution is 9.10. The summed E-state index contributed by atoms with van der Waals surface area (Å²) in [4.78, 5) is 14.2. The average molecular weight is 338 g/mol. The minimum atomic E-state index is 0.213. The van der Waals surface area contributed by atoms with Gasteiger partial charge in [-0.15, -0.1) is 0 Å². The maximum atomic E-state index is 11.8. The van der Waals surface area contributed by atoms with Gasteiger partial charge in [0.15, 0.2) is 0 Å². The molecular weight excluding hydrogens is 318 g/mol. The number of carbonyl (C=O) groups is 1. The van der Waals surface area contributed by atoms with E-state index in [0.717, 1.165) is 49.3 Å². The number of ether oxygens (including phenoxy) is 1. The number of hydrogen-bond acceptors (Lipinski definition) is 3. The van der Waals surface area contributed by atoms with Gasteiger partial charge in [0.1, 0.15) is 11.5 Å². The normalized spacial score (nSPS) is 22.7. The Labute approximate surface area is 128 Å². The van der Waals surface area contributed by atoms with E-state index in [1.54, 1.807) is 0 Å². The van der Waals surface area contributed by atoms with Crippen molar-refractivity contribution in [3.8, 4) is 5.75 Å². The molecular formula is C16H20BrNO2. The molecule has 0 saturated carbocycles. The third kappa shape index (κ3) is 2.77. The topological polar surface area (TPSA) is 29.5 Å². The van der Waals surface area contributed by atoms with E-state index >= 15 is 0 Å². The molecule has 0 radical (unpaired) electrons. The molecule has 0 N–H and O–H groups in total. The van der Waals surface area contributed by atoms with Gasteiger partial charge in [0.25, 0.3) is 0 Å². The van der Waals surface area contributed by atoms with Crippen LogP contribution >= 0.6 is 15.9 Å². The Morgan fingerprint density at radius 1 is 1.40 bits per heavy atom. The fourth-order valence-corrected chi connectivity index (χ4v) is 3.73. The molecule has 108 valence electrons. The van der Waals surface area contributed by atoms with Gasteiger partial charge in [-0.25, -0.2) is 0 Å². The van der Waals surface area contributed by atoms with Crippen LogP contribution in [0.2, 0.25) is 0 Å². The Balaban J connectivity index is 1.77. The maximum absolute atomic E-state index is 11.8. The number of ketones is 1. The second kappa shape index (κ2) is 5.86. The SMILES string of the molecule is CCC1CN(Cc2cc(Br)cc3c2OCC3)CCC1=O. The van der Waals surface area contributed by atoms with Crippen LogP contribution in [-0.2, 0) is 17.8 Å². The summed E-state index contributed by atoms with van der Waals surface area (Å²) in [5.74, 6) is 1.71. The summed E-state index contributed by atoms with van der Waals surface area (Å²) in [6.07, 6.45) is 2.63. The van der Waals surface area contributed by atoms with Crippen molar-refractivity contribution in [2.75, 3.05) is 19.7 Å². The summed E-state index contributed by atoms with van der Waals surface area (Å²) in [5, 5.41) is 0. The number of piperidine rings is 1. The molecule has 1 atom stereocenters. The van der Waals surface area contributed by atoms with E-state index in [1.807, 2.05) is 0 Å². The van der Waals surface area contributed by atoms with E-state index in [4.69, 9.17) is 4.74 Å². The molecule has 3 nitrogen and oxygen atoms in total. The number of nitrogens with zero attached hydrogens (tertiary/aromatic N) is 1. The van der Waals surface area contributed by atoms with Crippen LogP contribution in [-0.4, -0.2) is 30.4 Å². The van der Waals surface area contributed by atoms with Gasteiger partial charge in [-0.2, -0.15) is 0 Å². The Morgan fingerprint density at radius 3 is 3.05 bits per heavy atom. The average Bonchev–Trinajstić information content (AvgIpc) is 2.89. The van der Waals surface area contributed by atoms with Crippen LogP contribution in [0.5, 0.6) is 5.75 Å². The van der Waals surface area contributed by atoms with Crippen molar-refractivity contribution in [2.45, 2.75) is 32.7 Å². The van der Waals surface area contributed by atoms with Gasteiger partial charge in [-0.3, -0.25) is 9.69 Å². The van der Waals surface area contributed by atoms with Gasteiger partial charge in [0.2, 0.25) is 0 Å². The molecule has 1 unspecified atom stereocenters. The zero-order valence-electron chi connectivity index (χ0n) is 11.8. The predicted octanol–water partition coefficient (Wildman–Crippen LogP) is 3.19. The maximum Gasteiger partial charge on any atom is 0.138 e. The summed E-state index contributed by atoms with van der Waals surface area (Å²) in [7, 11) is 0. The lowest BCUT2D eigenvalue weighted by Crippen LogP contribution is -2.40. The monoisotopic (exact) mass is 337 g/mol. The number of hydrogen-bond donors (Lipinski definition) is 0. The fraction of sp³-hybridized carbons (Fsp3) is 0.562. The van der Waals surface area contributed by atoms with E-state index in [-0.39, 0.29) is 5.92 Å². The molecule has 2 aliphatic heterocycles. The smallest absolute Gasteiger partial charge is 0.138 e. The Kier molecular flexibility index (Phi) is 4.13. The minimum absolute atomic E-state index is 0.213. The third-order valence-corrected chi connectivity index (χ3v) is 4.78. The molecule has 1 fully saturated rings. The van der Waals surface area contributed by atoms with Gasteiger partial charge in [0, 0.05) is 48.4 Å². The number of rotatable bonds is 3. The molecule has 2 heterocycles. The number of benzene rings is 1. The number of likely N-dealkylation sites (tertiary alicyclic amines) is 1. The molecule has 0 bridgehead atoms. The molecule has 1 aromatic rings. The lowest BCUT2D eigenvalue weighted by atomic mass is 9.93. The van der Waals surface area contributed by atoms with Gasteiger partial charge < -0.3 is 4.74 Å². The first kappa shape index (κ1) is 14.1. The summed E-state index contributed by atoms with van der Waals surface area (Å²) in [5.41, 5.74) is 2.55. The number of halogens is 1. The Bertz CT molecular complexity index is 529. The van der Waals surface area contributed by atoms with E-state index < -0.39 is 0 Å². The largest absolute Gasteiger partial charge is 0.493 e. The Hall–Kier alpha value is -0.870. The van der Waals surface area contributed by atoms with Crippen LogP contribution in [0.1, 0.15) is 30.9 Å². The quantitative estimate of drug-likeness (QED) is 0.848. The van der Waals surface area contributed by atoms with Crippen LogP contribution in [0.15, 0.2) is 16.6 Å². The summed E-state index contributed by atoms with van der Waals surface area (Å²) >= 11 is 3.59. The molecule has 0 spiro atoms. The molecule has 4 heteroatoms. The number of fused-ring (bicyclic) bond motifs is 1. The highest BCUT2D eigenvalue weighted by Crippen LogP contribution is 2.34. The lowest BCUT2D eigenvalue weighted by molar-refractivity contribution is -0.126. The highest BCUT2D eigenvalue weighted by atomic mass is 79.9. The number of Topliss-reactive ketones (excluding diaryl/α,β-unsaturated/α-hetero) is 1. The number of carbonyl (C=O) groups excluding carboxylic acids is 1. The Morgan fingerprint density at radius 2 is 2.25 bits per heavy atom. The van der Waals surface area contributed by atoms with E-state index in [2.05, 4.69) is 39.9 Å². The van der Waals surface area contributed by atoms with Crippen LogP contribution in [0, 0.1) is 5.92 Å². The summed E-state index contributed by atoms with van der Waals surface area (Å²) < 4.78 is 6.91.